The molecule has 2 aliphatic rings. The minimum atomic E-state index is -2.87. The minimum absolute atomic E-state index is 0.0725. The Morgan fingerprint density at radius 2 is 1.77 bits per heavy atom. The number of carbonyl (C=O) groups is 1. The number of carbonyl (C=O) groups excluding carboxylic acids is 1. The average molecular weight is 464 g/mol. The van der Waals surface area contributed by atoms with Gasteiger partial charge in [0.1, 0.15) is 11.5 Å². The van der Waals surface area contributed by atoms with Crippen molar-refractivity contribution in [3.05, 3.63) is 53.6 Å². The highest BCUT2D eigenvalue weighted by Gasteiger charge is 2.33. The van der Waals surface area contributed by atoms with Gasteiger partial charge in [0.25, 0.3) is 0 Å². The molecule has 2 saturated heterocycles. The number of hydrogen-bond donors (Lipinski definition) is 1. The van der Waals surface area contributed by atoms with Crippen molar-refractivity contribution >= 4 is 33.0 Å². The van der Waals surface area contributed by atoms with Crippen molar-refractivity contribution in [2.24, 2.45) is 0 Å². The van der Waals surface area contributed by atoms with E-state index in [0.29, 0.717) is 34.5 Å². The van der Waals surface area contributed by atoms with Crippen molar-refractivity contribution in [3.8, 4) is 11.5 Å². The fraction of sp³-hybridized carbons (Fsp3) is 0.409. The van der Waals surface area contributed by atoms with Gasteiger partial charge in [0.2, 0.25) is 5.91 Å². The third-order valence-electron chi connectivity index (χ3n) is 5.70. The molecule has 9 heteroatoms. The Morgan fingerprint density at radius 3 is 2.42 bits per heavy atom. The lowest BCUT2D eigenvalue weighted by Crippen LogP contribution is -2.52. The zero-order valence-electron chi connectivity index (χ0n) is 17.2. The summed E-state index contributed by atoms with van der Waals surface area (Å²) in [6.45, 7) is 3.42. The van der Waals surface area contributed by atoms with Crippen LogP contribution in [-0.2, 0) is 14.6 Å². The van der Waals surface area contributed by atoms with Crippen LogP contribution in [0.2, 0.25) is 5.02 Å². The molecule has 2 aliphatic heterocycles. The highest BCUT2D eigenvalue weighted by Crippen LogP contribution is 2.29. The summed E-state index contributed by atoms with van der Waals surface area (Å²) < 4.78 is 29.1. The van der Waals surface area contributed by atoms with Crippen LogP contribution >= 0.6 is 11.6 Å². The predicted molar refractivity (Wildman–Crippen MR) is 122 cm³/mol. The van der Waals surface area contributed by atoms with Crippen LogP contribution in [0.3, 0.4) is 0 Å². The number of anilines is 1. The number of ether oxygens (including phenoxy) is 1. The lowest BCUT2D eigenvalue weighted by Gasteiger charge is -2.37. The largest absolute Gasteiger partial charge is 0.456 e. The summed E-state index contributed by atoms with van der Waals surface area (Å²) in [5.74, 6) is 1.70. The van der Waals surface area contributed by atoms with Crippen LogP contribution < -0.4 is 10.1 Å². The second kappa shape index (κ2) is 9.56. The zero-order valence-corrected chi connectivity index (χ0v) is 18.7. The molecule has 0 spiro atoms. The molecule has 1 amide bonds. The summed E-state index contributed by atoms with van der Waals surface area (Å²) >= 11 is 6.11. The standard InChI is InChI=1S/C22H26ClN3O4S/c23-20-3-1-2-4-21(20)30-19-7-5-17(6-8-19)24-22(27)15-25-10-12-26(13-11-25)18-9-14-31(28,29)16-18/h1-8,18H,9-16H2,(H,24,27)/t18-/m0/s1. The van der Waals surface area contributed by atoms with Gasteiger partial charge in [0.05, 0.1) is 23.1 Å². The van der Waals surface area contributed by atoms with Crippen molar-refractivity contribution in [2.75, 3.05) is 49.5 Å². The van der Waals surface area contributed by atoms with Crippen molar-refractivity contribution in [1.82, 2.24) is 9.80 Å². The maximum absolute atomic E-state index is 12.4. The number of nitrogens with one attached hydrogen (secondary N) is 1. The Hall–Kier alpha value is -2.13. The lowest BCUT2D eigenvalue weighted by molar-refractivity contribution is -0.117. The molecule has 2 fully saturated rings. The normalized spacial score (nSPS) is 21.6. The third kappa shape index (κ3) is 5.98. The van der Waals surface area contributed by atoms with E-state index in [4.69, 9.17) is 16.3 Å². The van der Waals surface area contributed by atoms with E-state index in [1.54, 1.807) is 36.4 Å². The van der Waals surface area contributed by atoms with Crippen molar-refractivity contribution < 1.29 is 17.9 Å². The zero-order chi connectivity index (χ0) is 21.8. The van der Waals surface area contributed by atoms with E-state index in [1.807, 2.05) is 12.1 Å². The lowest BCUT2D eigenvalue weighted by atomic mass is 10.2. The van der Waals surface area contributed by atoms with Gasteiger partial charge in [-0.05, 0) is 42.8 Å². The molecule has 31 heavy (non-hydrogen) atoms. The van der Waals surface area contributed by atoms with Crippen LogP contribution in [0.15, 0.2) is 48.5 Å². The number of hydrogen-bond acceptors (Lipinski definition) is 6. The second-order valence-corrected chi connectivity index (χ2v) is 10.6. The SMILES string of the molecule is O=C(CN1CCN([C@H]2CCS(=O)(=O)C2)CC1)Nc1ccc(Oc2ccccc2Cl)cc1. The van der Waals surface area contributed by atoms with E-state index in [2.05, 4.69) is 15.1 Å². The number of sulfone groups is 1. The molecule has 4 rings (SSSR count). The summed E-state index contributed by atoms with van der Waals surface area (Å²) in [6.07, 6.45) is 0.721. The second-order valence-electron chi connectivity index (χ2n) is 7.97. The smallest absolute Gasteiger partial charge is 0.238 e. The van der Waals surface area contributed by atoms with Crippen molar-refractivity contribution in [3.63, 3.8) is 0 Å². The minimum Gasteiger partial charge on any atom is -0.456 e. The summed E-state index contributed by atoms with van der Waals surface area (Å²) in [5, 5.41) is 3.45. The summed E-state index contributed by atoms with van der Waals surface area (Å²) in [4.78, 5) is 16.8. The average Bonchev–Trinajstić information content (AvgIpc) is 3.11. The Labute approximate surface area is 187 Å². The van der Waals surface area contributed by atoms with Gasteiger partial charge in [-0.2, -0.15) is 0 Å². The van der Waals surface area contributed by atoms with Crippen molar-refractivity contribution in [1.29, 1.82) is 0 Å². The first-order valence-electron chi connectivity index (χ1n) is 10.4. The first kappa shape index (κ1) is 22.1. The monoisotopic (exact) mass is 463 g/mol. The Balaban J connectivity index is 1.23. The van der Waals surface area contributed by atoms with Gasteiger partial charge in [0, 0.05) is 37.9 Å². The molecular weight excluding hydrogens is 438 g/mol. The molecule has 0 radical (unpaired) electrons. The maximum Gasteiger partial charge on any atom is 0.238 e. The molecule has 2 heterocycles. The number of nitrogens with zero attached hydrogens (tertiary/aromatic N) is 2. The molecule has 1 atom stereocenters. The van der Waals surface area contributed by atoms with Crippen molar-refractivity contribution in [2.45, 2.75) is 12.5 Å². The van der Waals surface area contributed by atoms with Gasteiger partial charge in [-0.25, -0.2) is 8.42 Å². The number of halogens is 1. The van der Waals surface area contributed by atoms with E-state index in [-0.39, 0.29) is 17.7 Å². The van der Waals surface area contributed by atoms with E-state index in [1.165, 1.54) is 0 Å². The van der Waals surface area contributed by atoms with Gasteiger partial charge in [-0.1, -0.05) is 23.7 Å². The Bertz CT molecular complexity index is 1020. The summed E-state index contributed by atoms with van der Waals surface area (Å²) in [7, 11) is -2.87. The highest BCUT2D eigenvalue weighted by molar-refractivity contribution is 7.91. The highest BCUT2D eigenvalue weighted by atomic mass is 35.5. The van der Waals surface area contributed by atoms with E-state index >= 15 is 0 Å². The third-order valence-corrected chi connectivity index (χ3v) is 7.76. The predicted octanol–water partition coefficient (Wildman–Crippen LogP) is 2.88. The number of amides is 1. The molecule has 7 nitrogen and oxygen atoms in total. The molecule has 1 N–H and O–H groups in total. The molecular formula is C22H26ClN3O4S. The molecule has 0 unspecified atom stereocenters. The number of para-hydroxylation sites is 1. The van der Waals surface area contributed by atoms with E-state index in [9.17, 15) is 13.2 Å². The van der Waals surface area contributed by atoms with Crippen LogP contribution in [0.25, 0.3) is 0 Å². The fourth-order valence-corrected chi connectivity index (χ4v) is 5.95. The van der Waals surface area contributed by atoms with Gasteiger partial charge in [-0.3, -0.25) is 14.6 Å². The van der Waals surface area contributed by atoms with Crippen LogP contribution in [-0.4, -0.2) is 74.4 Å². The summed E-state index contributed by atoms with van der Waals surface area (Å²) in [5.41, 5.74) is 0.700. The van der Waals surface area contributed by atoms with Crippen LogP contribution in [0.5, 0.6) is 11.5 Å². The molecule has 0 aliphatic carbocycles. The van der Waals surface area contributed by atoms with Crippen LogP contribution in [0, 0.1) is 0 Å². The molecule has 166 valence electrons. The van der Waals surface area contributed by atoms with Gasteiger partial charge >= 0.3 is 0 Å². The number of benzene rings is 2. The number of piperazine rings is 1. The quantitative estimate of drug-likeness (QED) is 0.709. The van der Waals surface area contributed by atoms with Gasteiger partial charge in [-0.15, -0.1) is 0 Å². The summed E-state index contributed by atoms with van der Waals surface area (Å²) in [6, 6.07) is 14.5. The molecule has 0 bridgehead atoms. The Kier molecular flexibility index (Phi) is 6.81. The van der Waals surface area contributed by atoms with Gasteiger partial charge < -0.3 is 10.1 Å². The fourth-order valence-electron chi connectivity index (χ4n) is 4.01. The molecule has 2 aromatic rings. The first-order chi connectivity index (χ1) is 14.9. The molecule has 0 saturated carbocycles. The first-order valence-corrected chi connectivity index (χ1v) is 12.6. The molecule has 2 aromatic carbocycles. The topological polar surface area (TPSA) is 79.0 Å². The Morgan fingerprint density at radius 1 is 1.06 bits per heavy atom. The van der Waals surface area contributed by atoms with E-state index < -0.39 is 9.84 Å². The maximum atomic E-state index is 12.4. The molecule has 0 aromatic heterocycles. The van der Waals surface area contributed by atoms with E-state index in [0.717, 1.165) is 32.6 Å². The van der Waals surface area contributed by atoms with Crippen LogP contribution in [0.4, 0.5) is 5.69 Å². The van der Waals surface area contributed by atoms with Gasteiger partial charge in [0.15, 0.2) is 9.84 Å². The van der Waals surface area contributed by atoms with Crippen LogP contribution in [0.1, 0.15) is 6.42 Å². The number of rotatable bonds is 6.